The number of hydrogen-bond donors (Lipinski definition) is 1. The van der Waals surface area contributed by atoms with Crippen molar-refractivity contribution in [2.24, 2.45) is 5.92 Å². The average molecular weight is 209 g/mol. The van der Waals surface area contributed by atoms with Crippen LogP contribution < -0.4 is 5.32 Å². The molecule has 84 valence electrons. The second-order valence-corrected chi connectivity index (χ2v) is 4.26. The van der Waals surface area contributed by atoms with Crippen molar-refractivity contribution in [3.8, 4) is 6.07 Å². The van der Waals surface area contributed by atoms with E-state index < -0.39 is 0 Å². The molecule has 0 radical (unpaired) electrons. The number of nitrogens with zero attached hydrogens (tertiary/aromatic N) is 2. The van der Waals surface area contributed by atoms with Gasteiger partial charge in [-0.15, -0.1) is 0 Å². The van der Waals surface area contributed by atoms with E-state index >= 15 is 0 Å². The Morgan fingerprint density at radius 3 is 2.87 bits per heavy atom. The summed E-state index contributed by atoms with van der Waals surface area (Å²) in [6.07, 6.45) is 2.15. The van der Waals surface area contributed by atoms with E-state index in [0.29, 0.717) is 12.5 Å². The maximum absolute atomic E-state index is 11.0. The van der Waals surface area contributed by atoms with Gasteiger partial charge in [0.2, 0.25) is 5.91 Å². The average Bonchev–Trinajstić information content (AvgIpc) is 2.16. The molecule has 0 aromatic carbocycles. The Kier molecular flexibility index (Phi) is 4.57. The minimum absolute atomic E-state index is 0.0219. The van der Waals surface area contributed by atoms with Crippen LogP contribution in [0.25, 0.3) is 0 Å². The maximum Gasteiger partial charge on any atom is 0.217 e. The molecule has 1 aliphatic rings. The van der Waals surface area contributed by atoms with Crippen LogP contribution in [0.3, 0.4) is 0 Å². The van der Waals surface area contributed by atoms with Crippen LogP contribution in [0.5, 0.6) is 0 Å². The highest BCUT2D eigenvalue weighted by Gasteiger charge is 2.26. The van der Waals surface area contributed by atoms with Gasteiger partial charge in [0.05, 0.1) is 12.6 Å². The smallest absolute Gasteiger partial charge is 0.217 e. The van der Waals surface area contributed by atoms with Crippen LogP contribution in [0.2, 0.25) is 0 Å². The Morgan fingerprint density at radius 2 is 2.33 bits per heavy atom. The third-order valence-electron chi connectivity index (χ3n) is 2.89. The number of nitrogens with one attached hydrogen (secondary N) is 1. The third-order valence-corrected chi connectivity index (χ3v) is 2.89. The lowest BCUT2D eigenvalue weighted by molar-refractivity contribution is -0.120. The van der Waals surface area contributed by atoms with E-state index in [1.807, 2.05) is 0 Å². The molecule has 0 aromatic rings. The summed E-state index contributed by atoms with van der Waals surface area (Å²) in [5, 5.41) is 11.6. The van der Waals surface area contributed by atoms with Crippen molar-refractivity contribution in [3.05, 3.63) is 0 Å². The summed E-state index contributed by atoms with van der Waals surface area (Å²) in [6.45, 7) is 5.96. The summed E-state index contributed by atoms with van der Waals surface area (Å²) < 4.78 is 0. The number of carbonyl (C=O) groups is 1. The fourth-order valence-electron chi connectivity index (χ4n) is 2.22. The Bertz CT molecular complexity index is 259. The molecule has 0 saturated carbocycles. The van der Waals surface area contributed by atoms with Crippen LogP contribution in [0.4, 0.5) is 0 Å². The summed E-state index contributed by atoms with van der Waals surface area (Å²) >= 11 is 0. The molecule has 0 bridgehead atoms. The fourth-order valence-corrected chi connectivity index (χ4v) is 2.22. The Balaban J connectivity index is 2.51. The minimum Gasteiger partial charge on any atom is -0.352 e. The van der Waals surface area contributed by atoms with Gasteiger partial charge in [-0.1, -0.05) is 13.3 Å². The van der Waals surface area contributed by atoms with Crippen LogP contribution in [0.1, 0.15) is 26.7 Å². The molecule has 1 heterocycles. The van der Waals surface area contributed by atoms with Gasteiger partial charge in [-0.25, -0.2) is 0 Å². The lowest BCUT2D eigenvalue weighted by Gasteiger charge is -2.36. The van der Waals surface area contributed by atoms with E-state index in [1.54, 1.807) is 6.92 Å². The van der Waals surface area contributed by atoms with Crippen LogP contribution in [-0.2, 0) is 4.79 Å². The van der Waals surface area contributed by atoms with Crippen molar-refractivity contribution in [3.63, 3.8) is 0 Å². The van der Waals surface area contributed by atoms with E-state index in [9.17, 15) is 4.79 Å². The van der Waals surface area contributed by atoms with Crippen LogP contribution in [0, 0.1) is 17.2 Å². The summed E-state index contributed by atoms with van der Waals surface area (Å²) in [5.41, 5.74) is 0. The number of amides is 1. The van der Waals surface area contributed by atoms with E-state index in [0.717, 1.165) is 25.9 Å². The molecule has 4 heteroatoms. The molecule has 0 aliphatic carbocycles. The van der Waals surface area contributed by atoms with Gasteiger partial charge in [-0.05, 0) is 12.3 Å². The first-order valence-electron chi connectivity index (χ1n) is 5.52. The number of piperidine rings is 1. The number of likely N-dealkylation sites (tertiary alicyclic amines) is 1. The molecule has 1 rings (SSSR count). The van der Waals surface area contributed by atoms with Crippen LogP contribution in [-0.4, -0.2) is 36.5 Å². The molecule has 0 spiro atoms. The molecular weight excluding hydrogens is 190 g/mol. The van der Waals surface area contributed by atoms with Gasteiger partial charge in [0.1, 0.15) is 0 Å². The van der Waals surface area contributed by atoms with Gasteiger partial charge in [-0.2, -0.15) is 5.26 Å². The number of carbonyl (C=O) groups excluding carboxylic acids is 1. The molecule has 1 fully saturated rings. The first-order chi connectivity index (χ1) is 7.15. The van der Waals surface area contributed by atoms with Crippen molar-refractivity contribution >= 4 is 5.91 Å². The monoisotopic (exact) mass is 209 g/mol. The molecule has 15 heavy (non-hydrogen) atoms. The maximum atomic E-state index is 11.0. The molecule has 4 nitrogen and oxygen atoms in total. The third kappa shape index (κ3) is 3.88. The predicted molar refractivity (Wildman–Crippen MR) is 58.1 cm³/mol. The first-order valence-corrected chi connectivity index (χ1v) is 5.52. The summed E-state index contributed by atoms with van der Waals surface area (Å²) in [6, 6.07) is 2.39. The Hall–Kier alpha value is -1.08. The molecule has 1 N–H and O–H groups in total. The van der Waals surface area contributed by atoms with Crippen LogP contribution >= 0.6 is 0 Å². The standard InChI is InChI=1S/C11H19N3O/c1-3-10-6-11(13-9(2)15)8-14(7-10)5-4-12/h10-11H,3,5-8H2,1-2H3,(H,13,15). The second-order valence-electron chi connectivity index (χ2n) is 4.26. The Labute approximate surface area is 91.2 Å². The SMILES string of the molecule is CCC1CC(NC(C)=O)CN(CC#N)C1. The first kappa shape index (κ1) is 12.0. The number of nitriles is 1. The molecule has 1 saturated heterocycles. The zero-order valence-corrected chi connectivity index (χ0v) is 9.49. The van der Waals surface area contributed by atoms with E-state index in [-0.39, 0.29) is 11.9 Å². The number of hydrogen-bond acceptors (Lipinski definition) is 3. The quantitative estimate of drug-likeness (QED) is 0.698. The Morgan fingerprint density at radius 1 is 1.60 bits per heavy atom. The largest absolute Gasteiger partial charge is 0.352 e. The van der Waals surface area contributed by atoms with E-state index in [4.69, 9.17) is 5.26 Å². The zero-order chi connectivity index (χ0) is 11.3. The second kappa shape index (κ2) is 5.72. The highest BCUT2D eigenvalue weighted by molar-refractivity contribution is 5.73. The van der Waals surface area contributed by atoms with Gasteiger partial charge < -0.3 is 5.32 Å². The van der Waals surface area contributed by atoms with Gasteiger partial charge in [0.15, 0.2) is 0 Å². The van der Waals surface area contributed by atoms with E-state index in [2.05, 4.69) is 23.2 Å². The van der Waals surface area contributed by atoms with Crippen molar-refractivity contribution in [1.29, 1.82) is 5.26 Å². The van der Waals surface area contributed by atoms with Crippen molar-refractivity contribution in [2.45, 2.75) is 32.7 Å². The molecule has 2 unspecified atom stereocenters. The van der Waals surface area contributed by atoms with Crippen molar-refractivity contribution in [1.82, 2.24) is 10.2 Å². The van der Waals surface area contributed by atoms with Crippen LogP contribution in [0.15, 0.2) is 0 Å². The topological polar surface area (TPSA) is 56.1 Å². The van der Waals surface area contributed by atoms with Gasteiger partial charge >= 0.3 is 0 Å². The number of rotatable bonds is 3. The molecule has 1 aliphatic heterocycles. The highest BCUT2D eigenvalue weighted by Crippen LogP contribution is 2.19. The highest BCUT2D eigenvalue weighted by atomic mass is 16.1. The normalized spacial score (nSPS) is 27.0. The molecule has 1 amide bonds. The lowest BCUT2D eigenvalue weighted by atomic mass is 9.92. The van der Waals surface area contributed by atoms with Gasteiger partial charge in [-0.3, -0.25) is 9.69 Å². The molecular formula is C11H19N3O. The lowest BCUT2D eigenvalue weighted by Crippen LogP contribution is -2.50. The van der Waals surface area contributed by atoms with Gasteiger partial charge in [0, 0.05) is 26.1 Å². The van der Waals surface area contributed by atoms with Crippen molar-refractivity contribution in [2.75, 3.05) is 19.6 Å². The van der Waals surface area contributed by atoms with Crippen molar-refractivity contribution < 1.29 is 4.79 Å². The minimum atomic E-state index is 0.0219. The molecule has 2 atom stereocenters. The summed E-state index contributed by atoms with van der Waals surface area (Å²) in [4.78, 5) is 13.1. The summed E-state index contributed by atoms with van der Waals surface area (Å²) in [5.74, 6) is 0.623. The molecule has 0 aromatic heterocycles. The predicted octanol–water partition coefficient (Wildman–Crippen LogP) is 0.747. The fraction of sp³-hybridized carbons (Fsp3) is 0.818. The summed E-state index contributed by atoms with van der Waals surface area (Å²) in [7, 11) is 0. The van der Waals surface area contributed by atoms with Gasteiger partial charge in [0.25, 0.3) is 0 Å². The zero-order valence-electron chi connectivity index (χ0n) is 9.49. The van der Waals surface area contributed by atoms with E-state index in [1.165, 1.54) is 0 Å².